The largest absolute Gasteiger partial charge is 0.497 e. The van der Waals surface area contributed by atoms with Gasteiger partial charge in [-0.05, 0) is 41.0 Å². The molecular weight excluding hydrogens is 766 g/mol. The minimum absolute atomic E-state index is 0.0108. The first-order valence-electron chi connectivity index (χ1n) is 18.9. The quantitative estimate of drug-likeness (QED) is 0.0598. The maximum absolute atomic E-state index is 13.3. The van der Waals surface area contributed by atoms with Crippen molar-refractivity contribution in [2.45, 2.75) is 56.8 Å². The first kappa shape index (κ1) is 42.5. The highest BCUT2D eigenvalue weighted by Crippen LogP contribution is 2.43. The summed E-state index contributed by atoms with van der Waals surface area (Å²) in [7, 11) is 4.68. The van der Waals surface area contributed by atoms with Gasteiger partial charge in [0.15, 0.2) is 23.5 Å². The zero-order chi connectivity index (χ0) is 42.1. The number of amides is 1. The lowest BCUT2D eigenvalue weighted by molar-refractivity contribution is -0.162. The van der Waals surface area contributed by atoms with Crippen molar-refractivity contribution < 1.29 is 52.6 Å². The second-order valence-electron chi connectivity index (χ2n) is 13.9. The number of rotatable bonds is 19. The number of imidazole rings is 1. The summed E-state index contributed by atoms with van der Waals surface area (Å²) in [4.78, 5) is 61.8. The van der Waals surface area contributed by atoms with Crippen LogP contribution in [0.2, 0.25) is 0 Å². The Hall–Kier alpha value is -6.14. The van der Waals surface area contributed by atoms with E-state index in [4.69, 9.17) is 33.2 Å². The van der Waals surface area contributed by atoms with E-state index in [1.165, 1.54) is 18.0 Å². The van der Waals surface area contributed by atoms with E-state index >= 15 is 0 Å². The normalized spacial score (nSPS) is 17.9. The molecule has 0 aliphatic carbocycles. The Balaban J connectivity index is 1.47. The minimum Gasteiger partial charge on any atom is -0.497 e. The number of aliphatic carboxylic acids is 1. The minimum atomic E-state index is -1.27. The molecule has 1 amide bonds. The summed E-state index contributed by atoms with van der Waals surface area (Å²) in [5.74, 6) is -1.68. The monoisotopic (exact) mass is 813 g/mol. The van der Waals surface area contributed by atoms with Crippen LogP contribution in [0.25, 0.3) is 11.2 Å². The second-order valence-corrected chi connectivity index (χ2v) is 13.9. The van der Waals surface area contributed by atoms with Gasteiger partial charge in [-0.2, -0.15) is 4.98 Å². The molecule has 1 aliphatic rings. The Bertz CT molecular complexity index is 2210. The molecular formula is C42H47N5O12. The van der Waals surface area contributed by atoms with Gasteiger partial charge in [0.05, 0.1) is 53.2 Å². The third-order valence-corrected chi connectivity index (χ3v) is 9.80. The second kappa shape index (κ2) is 19.1. The lowest BCUT2D eigenvalue weighted by Crippen LogP contribution is -2.42. The molecule has 0 bridgehead atoms. The van der Waals surface area contributed by atoms with Crippen molar-refractivity contribution in [3.05, 3.63) is 112 Å². The van der Waals surface area contributed by atoms with Crippen molar-refractivity contribution >= 4 is 35.0 Å². The molecule has 17 heteroatoms. The molecule has 59 heavy (non-hydrogen) atoms. The SMILES string of the molecule is COCCO[C@H]1[C@@H](OC(=O)CCC(=O)O)[C@H](n2cnc3c(=O)[nH]c(NC(=O)C(C)C)nc32)O[C@@H]1COC(c1ccccc1)(c1ccc(OC)cc1)c1ccc(OC)cc1. The van der Waals surface area contributed by atoms with Gasteiger partial charge in [-0.1, -0.05) is 68.4 Å². The molecule has 17 nitrogen and oxygen atoms in total. The van der Waals surface area contributed by atoms with Gasteiger partial charge in [-0.15, -0.1) is 0 Å². The van der Waals surface area contributed by atoms with Gasteiger partial charge in [-0.25, -0.2) is 4.98 Å². The van der Waals surface area contributed by atoms with Crippen molar-refractivity contribution in [2.24, 2.45) is 5.92 Å². The highest BCUT2D eigenvalue weighted by Gasteiger charge is 2.51. The number of aromatic amines is 1. The number of hydrogen-bond donors (Lipinski definition) is 3. The highest BCUT2D eigenvalue weighted by molar-refractivity contribution is 5.91. The van der Waals surface area contributed by atoms with Crippen LogP contribution in [0.5, 0.6) is 11.5 Å². The molecule has 0 unspecified atom stereocenters. The van der Waals surface area contributed by atoms with Crippen molar-refractivity contribution in [2.75, 3.05) is 46.5 Å². The fourth-order valence-electron chi connectivity index (χ4n) is 6.79. The van der Waals surface area contributed by atoms with E-state index in [1.807, 2.05) is 78.9 Å². The summed E-state index contributed by atoms with van der Waals surface area (Å²) in [6.07, 6.45) is -4.11. The van der Waals surface area contributed by atoms with E-state index in [9.17, 15) is 24.3 Å². The third kappa shape index (κ3) is 9.44. The number of carboxylic acid groups (broad SMARTS) is 1. The first-order chi connectivity index (χ1) is 28.5. The Labute approximate surface area is 339 Å². The average molecular weight is 814 g/mol. The number of esters is 1. The van der Waals surface area contributed by atoms with Crippen LogP contribution in [0.4, 0.5) is 5.95 Å². The number of carboxylic acids is 1. The topological polar surface area (TPSA) is 212 Å². The van der Waals surface area contributed by atoms with Crippen LogP contribution in [0.15, 0.2) is 90.0 Å². The van der Waals surface area contributed by atoms with E-state index in [1.54, 1.807) is 28.1 Å². The lowest BCUT2D eigenvalue weighted by Gasteiger charge is -2.37. The summed E-state index contributed by atoms with van der Waals surface area (Å²) >= 11 is 0. The van der Waals surface area contributed by atoms with Crippen molar-refractivity contribution in [1.29, 1.82) is 0 Å². The summed E-state index contributed by atoms with van der Waals surface area (Å²) in [5.41, 5.74) is 0.294. The molecule has 0 saturated carbocycles. The number of nitrogens with zero attached hydrogens (tertiary/aromatic N) is 3. The number of fused-ring (bicyclic) bond motifs is 1. The standard InChI is InChI=1S/C42H47N5O12/c1-25(2)38(51)45-41-44-37-34(39(52)46-41)43-24-47(37)40-36(59-33(50)20-19-32(48)49)35(56-22-21-53-3)31(58-40)23-57-42(26-9-7-6-8-10-26,27-11-15-29(54-4)16-12-27)28-13-17-30(55-5)18-14-28/h6-18,24-25,31,35-36,40H,19-23H2,1-5H3,(H,48,49)(H2,44,45,46,51,52)/t31-,35-,36-,40-/m1/s1. The number of ether oxygens (including phenoxy) is 7. The average Bonchev–Trinajstić information content (AvgIpc) is 3.82. The smallest absolute Gasteiger partial charge is 0.306 e. The van der Waals surface area contributed by atoms with Gasteiger partial charge >= 0.3 is 11.9 Å². The fourth-order valence-corrected chi connectivity index (χ4v) is 6.79. The van der Waals surface area contributed by atoms with Crippen LogP contribution in [0.3, 0.4) is 0 Å². The third-order valence-electron chi connectivity index (χ3n) is 9.80. The van der Waals surface area contributed by atoms with Crippen LogP contribution in [-0.4, -0.2) is 102 Å². The molecule has 312 valence electrons. The van der Waals surface area contributed by atoms with E-state index in [2.05, 4.69) is 20.3 Å². The zero-order valence-corrected chi connectivity index (χ0v) is 33.3. The number of anilines is 1. The predicted octanol–water partition coefficient (Wildman–Crippen LogP) is 4.45. The maximum Gasteiger partial charge on any atom is 0.306 e. The molecule has 5 aromatic rings. The molecule has 6 rings (SSSR count). The fraction of sp³-hybridized carbons (Fsp3) is 0.381. The van der Waals surface area contributed by atoms with Crippen LogP contribution < -0.4 is 20.3 Å². The molecule has 0 radical (unpaired) electrons. The Morgan fingerprint density at radius 3 is 2.08 bits per heavy atom. The van der Waals surface area contributed by atoms with Gasteiger partial charge < -0.3 is 38.3 Å². The Morgan fingerprint density at radius 1 is 0.881 bits per heavy atom. The number of nitrogens with one attached hydrogen (secondary N) is 2. The zero-order valence-electron chi connectivity index (χ0n) is 33.3. The Morgan fingerprint density at radius 2 is 1.51 bits per heavy atom. The van der Waals surface area contributed by atoms with E-state index in [0.717, 1.165) is 16.7 Å². The summed E-state index contributed by atoms with van der Waals surface area (Å²) in [6, 6.07) is 24.6. The van der Waals surface area contributed by atoms with Crippen LogP contribution in [-0.2, 0) is 43.7 Å². The number of H-pyrrole nitrogens is 1. The molecule has 1 saturated heterocycles. The van der Waals surface area contributed by atoms with Gasteiger partial charge in [0.2, 0.25) is 11.9 Å². The van der Waals surface area contributed by atoms with E-state index in [-0.39, 0.29) is 42.8 Å². The number of hydrogen-bond acceptors (Lipinski definition) is 13. The predicted molar refractivity (Wildman–Crippen MR) is 212 cm³/mol. The number of methoxy groups -OCH3 is 3. The van der Waals surface area contributed by atoms with E-state index < -0.39 is 66.4 Å². The van der Waals surface area contributed by atoms with Crippen molar-refractivity contribution in [3.63, 3.8) is 0 Å². The van der Waals surface area contributed by atoms with Crippen LogP contribution >= 0.6 is 0 Å². The van der Waals surface area contributed by atoms with Gasteiger partial charge in [0, 0.05) is 13.0 Å². The summed E-state index contributed by atoms with van der Waals surface area (Å²) in [5, 5.41) is 11.9. The number of carbonyl (C=O) groups is 3. The molecule has 1 fully saturated rings. The molecule has 1 aliphatic heterocycles. The molecule has 3 aromatic carbocycles. The number of benzene rings is 3. The van der Waals surface area contributed by atoms with Crippen LogP contribution in [0.1, 0.15) is 49.6 Å². The number of carbonyl (C=O) groups excluding carboxylic acids is 2. The van der Waals surface area contributed by atoms with Gasteiger partial charge in [0.1, 0.15) is 29.3 Å². The van der Waals surface area contributed by atoms with Crippen molar-refractivity contribution in [1.82, 2.24) is 19.5 Å². The summed E-state index contributed by atoms with van der Waals surface area (Å²) < 4.78 is 43.9. The molecule has 4 atom stereocenters. The highest BCUT2D eigenvalue weighted by atomic mass is 16.6. The van der Waals surface area contributed by atoms with E-state index in [0.29, 0.717) is 11.5 Å². The van der Waals surface area contributed by atoms with Gasteiger partial charge in [-0.3, -0.25) is 34.0 Å². The molecule has 3 N–H and O–H groups in total. The molecule has 3 heterocycles. The molecule has 0 spiro atoms. The summed E-state index contributed by atoms with van der Waals surface area (Å²) in [6.45, 7) is 3.43. The first-order valence-corrected chi connectivity index (χ1v) is 18.9. The van der Waals surface area contributed by atoms with Crippen molar-refractivity contribution in [3.8, 4) is 11.5 Å². The van der Waals surface area contributed by atoms with Crippen LogP contribution in [0, 0.1) is 5.92 Å². The lowest BCUT2D eigenvalue weighted by atomic mass is 9.80. The number of aromatic nitrogens is 4. The van der Waals surface area contributed by atoms with Gasteiger partial charge in [0.25, 0.3) is 5.56 Å². The Kier molecular flexibility index (Phi) is 13.7. The molecule has 2 aromatic heterocycles. The maximum atomic E-state index is 13.3.